The molecule has 7 heteroatoms. The molecule has 5 nitrogen and oxygen atoms in total. The average molecular weight is 402 g/mol. The van der Waals surface area contributed by atoms with Crippen LogP contribution in [-0.4, -0.2) is 50.1 Å². The quantitative estimate of drug-likeness (QED) is 0.717. The topological polar surface area (TPSA) is 49.9 Å². The number of hydrogen-bond donors (Lipinski definition) is 0. The van der Waals surface area contributed by atoms with Gasteiger partial charge in [0, 0.05) is 24.9 Å². The molecule has 1 aliphatic heterocycles. The second kappa shape index (κ2) is 8.75. The normalized spacial score (nSPS) is 19.3. The smallest absolute Gasteiger partial charge is 0.303 e. The van der Waals surface area contributed by atoms with Crippen molar-refractivity contribution >= 4 is 29.3 Å². The lowest BCUT2D eigenvalue weighted by Crippen LogP contribution is -2.45. The second-order valence-electron chi connectivity index (χ2n) is 6.88. The number of hydrogen-bond acceptors (Lipinski definition) is 5. The maximum atomic E-state index is 13.4. The molecule has 1 aliphatic rings. The molecular weight excluding hydrogens is 379 g/mol. The number of ether oxygens (including phenoxy) is 1. The summed E-state index contributed by atoms with van der Waals surface area (Å²) in [6.07, 6.45) is -0.998. The Hall–Kier alpha value is -2.38. The number of likely N-dealkylation sites (N-methyl/N-ethyl adjacent to an activating group) is 1. The fourth-order valence-electron chi connectivity index (χ4n) is 3.10. The summed E-state index contributed by atoms with van der Waals surface area (Å²) < 4.78 is 18.9. The monoisotopic (exact) mass is 402 g/mol. The highest BCUT2D eigenvalue weighted by molar-refractivity contribution is 7.99. The van der Waals surface area contributed by atoms with E-state index < -0.39 is 17.3 Å². The van der Waals surface area contributed by atoms with E-state index in [1.54, 1.807) is 17.0 Å². The molecule has 0 N–H and O–H groups in total. The average Bonchev–Trinajstić information content (AvgIpc) is 2.76. The Kier molecular flexibility index (Phi) is 6.36. The number of nitrogens with zero attached hydrogens (tertiary/aromatic N) is 2. The van der Waals surface area contributed by atoms with Gasteiger partial charge in [0.15, 0.2) is 6.10 Å². The molecule has 2 aromatic rings. The van der Waals surface area contributed by atoms with Crippen molar-refractivity contribution in [1.29, 1.82) is 0 Å². The number of carbonyl (C=O) groups is 2. The van der Waals surface area contributed by atoms with Crippen LogP contribution in [0.2, 0.25) is 0 Å². The first-order valence-corrected chi connectivity index (χ1v) is 9.89. The van der Waals surface area contributed by atoms with Crippen molar-refractivity contribution in [3.63, 3.8) is 0 Å². The molecule has 1 heterocycles. The van der Waals surface area contributed by atoms with Gasteiger partial charge >= 0.3 is 5.97 Å². The van der Waals surface area contributed by atoms with Crippen molar-refractivity contribution in [2.24, 2.45) is 0 Å². The minimum atomic E-state index is -0.998. The molecule has 148 valence electrons. The molecule has 3 rings (SSSR count). The van der Waals surface area contributed by atoms with Crippen molar-refractivity contribution < 1.29 is 18.7 Å². The van der Waals surface area contributed by atoms with Gasteiger partial charge in [-0.05, 0) is 43.9 Å². The van der Waals surface area contributed by atoms with Crippen LogP contribution in [0.25, 0.3) is 0 Å². The summed E-state index contributed by atoms with van der Waals surface area (Å²) in [5.41, 5.74) is 1.52. The molecule has 0 aliphatic carbocycles. The lowest BCUT2D eigenvalue weighted by molar-refractivity contribution is -0.152. The van der Waals surface area contributed by atoms with Gasteiger partial charge in [-0.3, -0.25) is 9.59 Å². The third-order valence-corrected chi connectivity index (χ3v) is 5.83. The Morgan fingerprint density at radius 2 is 1.86 bits per heavy atom. The summed E-state index contributed by atoms with van der Waals surface area (Å²) in [7, 11) is 3.88. The van der Waals surface area contributed by atoms with E-state index in [1.165, 1.54) is 30.8 Å². The number of benzene rings is 2. The maximum Gasteiger partial charge on any atom is 0.303 e. The van der Waals surface area contributed by atoms with Crippen LogP contribution < -0.4 is 4.90 Å². The van der Waals surface area contributed by atoms with Crippen LogP contribution in [0.15, 0.2) is 53.4 Å². The largest absolute Gasteiger partial charge is 0.451 e. The fourth-order valence-corrected chi connectivity index (χ4v) is 4.42. The number of rotatable bonds is 5. The summed E-state index contributed by atoms with van der Waals surface area (Å²) in [6, 6.07) is 13.6. The zero-order chi connectivity index (χ0) is 20.3. The zero-order valence-electron chi connectivity index (χ0n) is 16.1. The van der Waals surface area contributed by atoms with Crippen molar-refractivity contribution in [2.45, 2.75) is 23.2 Å². The lowest BCUT2D eigenvalue weighted by Gasteiger charge is -2.28. The predicted molar refractivity (Wildman–Crippen MR) is 108 cm³/mol. The number of anilines is 1. The number of halogens is 1. The molecule has 0 fully saturated rings. The highest BCUT2D eigenvalue weighted by atomic mass is 32.2. The van der Waals surface area contributed by atoms with Gasteiger partial charge in [-0.15, -0.1) is 11.8 Å². The Bertz CT molecular complexity index is 857. The van der Waals surface area contributed by atoms with E-state index in [0.29, 0.717) is 13.1 Å². The fraction of sp³-hybridized carbons (Fsp3) is 0.333. The van der Waals surface area contributed by atoms with E-state index in [9.17, 15) is 14.0 Å². The van der Waals surface area contributed by atoms with E-state index in [2.05, 4.69) is 0 Å². The molecule has 0 aromatic heterocycles. The molecular formula is C21H23FN2O3S. The Morgan fingerprint density at radius 1 is 1.18 bits per heavy atom. The van der Waals surface area contributed by atoms with Crippen LogP contribution in [0, 0.1) is 5.82 Å². The van der Waals surface area contributed by atoms with Gasteiger partial charge in [-0.25, -0.2) is 4.39 Å². The van der Waals surface area contributed by atoms with E-state index in [4.69, 9.17) is 4.74 Å². The van der Waals surface area contributed by atoms with E-state index in [1.807, 2.05) is 43.3 Å². The summed E-state index contributed by atoms with van der Waals surface area (Å²) in [6.45, 7) is 2.43. The molecule has 0 radical (unpaired) electrons. The standard InChI is InChI=1S/C21H23FN2O3S/c1-14(25)27-19-20(15-8-10-16(22)11-9-15)28-18-7-5-4-6-17(18)24(21(19)26)13-12-23(2)3/h4-11,19-20H,12-13H2,1-3H3/t19-,20+/m1/s1. The minimum absolute atomic E-state index is 0.274. The molecule has 0 saturated heterocycles. The summed E-state index contributed by atoms with van der Waals surface area (Å²) in [4.78, 5) is 29.8. The number of thioether (sulfide) groups is 1. The van der Waals surface area contributed by atoms with Crippen LogP contribution >= 0.6 is 11.8 Å². The molecule has 2 aromatic carbocycles. The number of carbonyl (C=O) groups excluding carboxylic acids is 2. The van der Waals surface area contributed by atoms with Crippen LogP contribution in [0.4, 0.5) is 10.1 Å². The summed E-state index contributed by atoms with van der Waals surface area (Å²) >= 11 is 1.45. The lowest BCUT2D eigenvalue weighted by atomic mass is 10.1. The zero-order valence-corrected chi connectivity index (χ0v) is 16.9. The molecule has 0 saturated carbocycles. The van der Waals surface area contributed by atoms with Gasteiger partial charge in [-0.1, -0.05) is 24.3 Å². The van der Waals surface area contributed by atoms with Gasteiger partial charge in [0.05, 0.1) is 10.9 Å². The van der Waals surface area contributed by atoms with Gasteiger partial charge in [0.1, 0.15) is 5.82 Å². The van der Waals surface area contributed by atoms with E-state index in [0.717, 1.165) is 16.1 Å². The predicted octanol–water partition coefficient (Wildman–Crippen LogP) is 3.50. The Balaban J connectivity index is 2.07. The minimum Gasteiger partial charge on any atom is -0.451 e. The van der Waals surface area contributed by atoms with E-state index >= 15 is 0 Å². The first-order chi connectivity index (χ1) is 13.4. The van der Waals surface area contributed by atoms with Crippen molar-refractivity contribution in [3.8, 4) is 0 Å². The molecule has 0 bridgehead atoms. The Labute approximate surface area is 168 Å². The van der Waals surface area contributed by atoms with Gasteiger partial charge in [0.2, 0.25) is 0 Å². The molecule has 2 atom stereocenters. The van der Waals surface area contributed by atoms with Crippen LogP contribution in [0.5, 0.6) is 0 Å². The highest BCUT2D eigenvalue weighted by Gasteiger charge is 2.40. The Morgan fingerprint density at radius 3 is 2.50 bits per heavy atom. The van der Waals surface area contributed by atoms with Gasteiger partial charge in [0.25, 0.3) is 5.91 Å². The van der Waals surface area contributed by atoms with E-state index in [-0.39, 0.29) is 11.7 Å². The van der Waals surface area contributed by atoms with Crippen LogP contribution in [0.3, 0.4) is 0 Å². The number of amides is 1. The number of para-hydroxylation sites is 1. The van der Waals surface area contributed by atoms with Crippen LogP contribution in [-0.2, 0) is 14.3 Å². The molecule has 1 amide bonds. The SMILES string of the molecule is CC(=O)O[C@H]1C(=O)N(CCN(C)C)c2ccccc2S[C@H]1c1ccc(F)cc1. The molecule has 0 spiro atoms. The van der Waals surface area contributed by atoms with Crippen LogP contribution in [0.1, 0.15) is 17.7 Å². The molecule has 28 heavy (non-hydrogen) atoms. The van der Waals surface area contributed by atoms with Crippen molar-refractivity contribution in [1.82, 2.24) is 4.90 Å². The third kappa shape index (κ3) is 4.54. The highest BCUT2D eigenvalue weighted by Crippen LogP contribution is 2.46. The number of esters is 1. The second-order valence-corrected chi connectivity index (χ2v) is 8.06. The maximum absolute atomic E-state index is 13.4. The van der Waals surface area contributed by atoms with Gasteiger partial charge < -0.3 is 14.5 Å². The van der Waals surface area contributed by atoms with Gasteiger partial charge in [-0.2, -0.15) is 0 Å². The van der Waals surface area contributed by atoms with Crippen molar-refractivity contribution in [2.75, 3.05) is 32.1 Å². The number of fused-ring (bicyclic) bond motifs is 1. The first-order valence-electron chi connectivity index (χ1n) is 9.01. The molecule has 0 unspecified atom stereocenters. The van der Waals surface area contributed by atoms with Crippen molar-refractivity contribution in [3.05, 3.63) is 59.9 Å². The third-order valence-electron chi connectivity index (χ3n) is 4.46. The summed E-state index contributed by atoms with van der Waals surface area (Å²) in [5.74, 6) is -1.15. The summed E-state index contributed by atoms with van der Waals surface area (Å²) in [5, 5.41) is -0.470. The first kappa shape index (κ1) is 20.4.